The number of hydrogen-bond acceptors (Lipinski definition) is 5. The number of nitrogens with zero attached hydrogens (tertiary/aromatic N) is 2. The highest BCUT2D eigenvalue weighted by molar-refractivity contribution is 7.76. The fraction of sp³-hybridized carbons (Fsp3) is 0.200. The molecule has 7 heteroatoms. The molecule has 0 aliphatic carbocycles. The first-order valence-electron chi connectivity index (χ1n) is 6.50. The van der Waals surface area contributed by atoms with Crippen molar-refractivity contribution >= 4 is 17.2 Å². The number of hydrogen-bond donors (Lipinski definition) is 0. The van der Waals surface area contributed by atoms with Gasteiger partial charge in [0.25, 0.3) is 0 Å². The van der Waals surface area contributed by atoms with Gasteiger partial charge in [0.2, 0.25) is 0 Å². The monoisotopic (exact) mass is 319 g/mol. The quantitative estimate of drug-likeness (QED) is 0.597. The lowest BCUT2D eigenvalue weighted by molar-refractivity contribution is 0.0600. The van der Waals surface area contributed by atoms with Crippen LogP contribution in [0, 0.1) is 0 Å². The Morgan fingerprint density at radius 2 is 1.91 bits per heavy atom. The molecule has 6 nitrogen and oxygen atoms in total. The second-order valence-electron chi connectivity index (χ2n) is 4.56. The molecule has 0 spiro atoms. The van der Waals surface area contributed by atoms with Crippen molar-refractivity contribution in [2.75, 3.05) is 7.11 Å². The van der Waals surface area contributed by atoms with Gasteiger partial charge in [0.1, 0.15) is 0 Å². The minimum atomic E-state index is -2.36. The Balaban J connectivity index is 2.08. The minimum Gasteiger partial charge on any atom is -0.760 e. The summed E-state index contributed by atoms with van der Waals surface area (Å²) in [6.45, 7) is 0.454. The standard InChI is InChI=1S/C15H16N2O4S/c1-21-15(18)14-6-4-12(5-7-14)10-17(22(19)20)11-13-3-2-8-16-9-13/h2-9H,10-11H2,1H3,(H,19,20)/p-1. The van der Waals surface area contributed by atoms with Crippen LogP contribution in [0.5, 0.6) is 0 Å². The highest BCUT2D eigenvalue weighted by Crippen LogP contribution is 2.12. The molecule has 22 heavy (non-hydrogen) atoms. The maximum atomic E-state index is 11.4. The van der Waals surface area contributed by atoms with Gasteiger partial charge in [-0.25, -0.2) is 9.10 Å². The maximum Gasteiger partial charge on any atom is 0.337 e. The van der Waals surface area contributed by atoms with E-state index in [-0.39, 0.29) is 13.1 Å². The third kappa shape index (κ3) is 4.45. The molecule has 1 atom stereocenters. The third-order valence-electron chi connectivity index (χ3n) is 3.03. The second-order valence-corrected chi connectivity index (χ2v) is 5.52. The molecule has 1 heterocycles. The average molecular weight is 319 g/mol. The van der Waals surface area contributed by atoms with Gasteiger partial charge in [-0.15, -0.1) is 0 Å². The van der Waals surface area contributed by atoms with Gasteiger partial charge >= 0.3 is 5.97 Å². The molecule has 0 fully saturated rings. The van der Waals surface area contributed by atoms with E-state index in [1.165, 1.54) is 11.4 Å². The van der Waals surface area contributed by atoms with Crippen molar-refractivity contribution in [2.45, 2.75) is 13.1 Å². The number of rotatable bonds is 6. The Kier molecular flexibility index (Phi) is 5.76. The number of pyridine rings is 1. The summed E-state index contributed by atoms with van der Waals surface area (Å²) in [5.74, 6) is -0.425. The zero-order valence-corrected chi connectivity index (χ0v) is 12.8. The number of benzene rings is 1. The van der Waals surface area contributed by atoms with Gasteiger partial charge in [0, 0.05) is 36.7 Å². The summed E-state index contributed by atoms with van der Waals surface area (Å²) >= 11 is -2.36. The first-order chi connectivity index (χ1) is 10.6. The van der Waals surface area contributed by atoms with Gasteiger partial charge in [-0.1, -0.05) is 18.2 Å². The Hall–Kier alpha value is -2.09. The molecular weight excluding hydrogens is 304 g/mol. The predicted octanol–water partition coefficient (Wildman–Crippen LogP) is 1.66. The summed E-state index contributed by atoms with van der Waals surface area (Å²) < 4.78 is 28.6. The van der Waals surface area contributed by atoms with E-state index in [1.54, 1.807) is 42.7 Å². The number of esters is 1. The van der Waals surface area contributed by atoms with E-state index in [0.29, 0.717) is 5.56 Å². The smallest absolute Gasteiger partial charge is 0.337 e. The molecule has 1 unspecified atom stereocenters. The molecular formula is C15H15N2O4S-. The van der Waals surface area contributed by atoms with Crippen LogP contribution >= 0.6 is 0 Å². The predicted molar refractivity (Wildman–Crippen MR) is 80.2 cm³/mol. The Morgan fingerprint density at radius 1 is 1.23 bits per heavy atom. The molecule has 0 saturated carbocycles. The van der Waals surface area contributed by atoms with Crippen molar-refractivity contribution in [3.63, 3.8) is 0 Å². The van der Waals surface area contributed by atoms with Gasteiger partial charge in [0.05, 0.1) is 12.7 Å². The largest absolute Gasteiger partial charge is 0.760 e. The number of carbonyl (C=O) groups is 1. The first kappa shape index (κ1) is 16.3. The number of aromatic nitrogens is 1. The van der Waals surface area contributed by atoms with E-state index >= 15 is 0 Å². The topological polar surface area (TPSA) is 82.6 Å². The van der Waals surface area contributed by atoms with Crippen LogP contribution in [0.1, 0.15) is 21.5 Å². The van der Waals surface area contributed by atoms with Crippen molar-refractivity contribution in [2.24, 2.45) is 0 Å². The van der Waals surface area contributed by atoms with Crippen molar-refractivity contribution in [1.29, 1.82) is 0 Å². The molecule has 0 bridgehead atoms. The van der Waals surface area contributed by atoms with Crippen LogP contribution in [0.15, 0.2) is 48.8 Å². The van der Waals surface area contributed by atoms with E-state index in [2.05, 4.69) is 9.72 Å². The van der Waals surface area contributed by atoms with E-state index < -0.39 is 17.2 Å². The molecule has 0 N–H and O–H groups in total. The normalized spacial score (nSPS) is 12.1. The van der Waals surface area contributed by atoms with E-state index in [0.717, 1.165) is 11.1 Å². The molecule has 0 saturated heterocycles. The molecule has 0 aliphatic heterocycles. The highest BCUT2D eigenvalue weighted by Gasteiger charge is 2.09. The summed E-state index contributed by atoms with van der Waals surface area (Å²) in [5, 5.41) is 0. The molecule has 1 aromatic heterocycles. The van der Waals surface area contributed by atoms with Gasteiger partial charge in [-0.05, 0) is 29.3 Å². The zero-order valence-electron chi connectivity index (χ0n) is 12.0. The molecule has 0 radical (unpaired) electrons. The minimum absolute atomic E-state index is 0.215. The lowest BCUT2D eigenvalue weighted by Gasteiger charge is -2.24. The van der Waals surface area contributed by atoms with Gasteiger partial charge < -0.3 is 9.29 Å². The van der Waals surface area contributed by atoms with Crippen LogP contribution in [0.25, 0.3) is 0 Å². The summed E-state index contributed by atoms with van der Waals surface area (Å²) in [7, 11) is 1.31. The van der Waals surface area contributed by atoms with Crippen molar-refractivity contribution in [3.05, 3.63) is 65.5 Å². The Morgan fingerprint density at radius 3 is 2.45 bits per heavy atom. The van der Waals surface area contributed by atoms with Crippen LogP contribution in [-0.4, -0.2) is 31.1 Å². The molecule has 1 aromatic carbocycles. The van der Waals surface area contributed by atoms with Crippen molar-refractivity contribution < 1.29 is 18.3 Å². The Bertz CT molecular complexity index is 646. The van der Waals surface area contributed by atoms with Crippen LogP contribution in [0.3, 0.4) is 0 Å². The van der Waals surface area contributed by atoms with Gasteiger partial charge in [0.15, 0.2) is 0 Å². The first-order valence-corrected chi connectivity index (χ1v) is 7.54. The summed E-state index contributed by atoms with van der Waals surface area (Å²) in [6.07, 6.45) is 3.26. The number of methoxy groups -OCH3 is 1. The van der Waals surface area contributed by atoms with Crippen molar-refractivity contribution in [3.8, 4) is 0 Å². The SMILES string of the molecule is COC(=O)c1ccc(CN(Cc2cccnc2)S(=O)[O-])cc1. The lowest BCUT2D eigenvalue weighted by Crippen LogP contribution is -2.25. The van der Waals surface area contributed by atoms with Gasteiger partial charge in [-0.3, -0.25) is 9.19 Å². The van der Waals surface area contributed by atoms with E-state index in [4.69, 9.17) is 0 Å². The Labute approximate surface area is 131 Å². The molecule has 116 valence electrons. The molecule has 2 rings (SSSR count). The van der Waals surface area contributed by atoms with E-state index in [1.807, 2.05) is 6.07 Å². The fourth-order valence-electron chi connectivity index (χ4n) is 1.92. The van der Waals surface area contributed by atoms with Gasteiger partial charge in [-0.2, -0.15) is 0 Å². The molecule has 2 aromatic rings. The number of carbonyl (C=O) groups excluding carboxylic acids is 1. The number of ether oxygens (including phenoxy) is 1. The van der Waals surface area contributed by atoms with Crippen molar-refractivity contribution in [1.82, 2.24) is 9.29 Å². The highest BCUT2D eigenvalue weighted by atomic mass is 32.2. The summed E-state index contributed by atoms with van der Waals surface area (Å²) in [4.78, 5) is 15.3. The summed E-state index contributed by atoms with van der Waals surface area (Å²) in [6, 6.07) is 10.2. The maximum absolute atomic E-state index is 11.4. The summed E-state index contributed by atoms with van der Waals surface area (Å²) in [5.41, 5.74) is 2.01. The fourth-order valence-corrected chi connectivity index (χ4v) is 2.43. The van der Waals surface area contributed by atoms with Crippen LogP contribution in [0.2, 0.25) is 0 Å². The van der Waals surface area contributed by atoms with Crippen LogP contribution < -0.4 is 0 Å². The molecule has 0 amide bonds. The van der Waals surface area contributed by atoms with E-state index in [9.17, 15) is 13.6 Å². The average Bonchev–Trinajstić information content (AvgIpc) is 2.55. The second kappa shape index (κ2) is 7.79. The van der Waals surface area contributed by atoms with Crippen LogP contribution in [-0.2, 0) is 29.1 Å². The third-order valence-corrected chi connectivity index (χ3v) is 3.71. The van der Waals surface area contributed by atoms with Crippen LogP contribution in [0.4, 0.5) is 0 Å². The lowest BCUT2D eigenvalue weighted by atomic mass is 10.1. The molecule has 0 aliphatic rings. The zero-order chi connectivity index (χ0) is 15.9.